The molecule has 4 heteroatoms. The predicted molar refractivity (Wildman–Crippen MR) is 263 cm³/mol. The third kappa shape index (κ3) is 48.0. The van der Waals surface area contributed by atoms with Gasteiger partial charge in [0.15, 0.2) is 0 Å². The minimum atomic E-state index is -0.656. The predicted octanol–water partition coefficient (Wildman–Crippen LogP) is 17.8. The van der Waals surface area contributed by atoms with E-state index in [0.29, 0.717) is 12.8 Å². The number of hydrogen-bond acceptors (Lipinski definition) is 3. The molecule has 3 N–H and O–H groups in total. The van der Waals surface area contributed by atoms with Crippen molar-refractivity contribution >= 4 is 5.91 Å². The number of aliphatic hydroxyl groups is 2. The minimum absolute atomic E-state index is 0.0247. The van der Waals surface area contributed by atoms with Crippen LogP contribution < -0.4 is 5.32 Å². The first-order valence-corrected chi connectivity index (χ1v) is 27.4. The van der Waals surface area contributed by atoms with Crippen LogP contribution >= 0.6 is 0 Å². The number of carbonyl (C=O) groups is 1. The molecule has 0 fully saturated rings. The number of aliphatic hydroxyl groups excluding tert-OH is 2. The van der Waals surface area contributed by atoms with Crippen LogP contribution in [0.1, 0.15) is 316 Å². The van der Waals surface area contributed by atoms with Crippen LogP contribution in [0.2, 0.25) is 0 Å². The lowest BCUT2D eigenvalue weighted by atomic mass is 10.0. The highest BCUT2D eigenvalue weighted by Gasteiger charge is 2.20. The van der Waals surface area contributed by atoms with Gasteiger partial charge in [-0.05, 0) is 38.5 Å². The molecule has 0 spiro atoms. The molecule has 0 aromatic rings. The molecule has 4 nitrogen and oxygen atoms in total. The lowest BCUT2D eigenvalue weighted by Crippen LogP contribution is -2.45. The quantitative estimate of drug-likeness (QED) is 0.0422. The minimum Gasteiger partial charge on any atom is -0.394 e. The number of nitrogens with one attached hydrogen (secondary N) is 1. The van der Waals surface area contributed by atoms with E-state index in [0.717, 1.165) is 25.7 Å². The molecule has 352 valence electrons. The van der Waals surface area contributed by atoms with Crippen molar-refractivity contribution in [3.8, 4) is 0 Å². The second-order valence-corrected chi connectivity index (χ2v) is 19.0. The monoisotopic (exact) mass is 832 g/mol. The van der Waals surface area contributed by atoms with Crippen molar-refractivity contribution < 1.29 is 15.0 Å². The first-order chi connectivity index (χ1) is 29.2. The fourth-order valence-electron chi connectivity index (χ4n) is 8.83. The summed E-state index contributed by atoms with van der Waals surface area (Å²) in [6.07, 6.45) is 66.2. The first-order valence-electron chi connectivity index (χ1n) is 27.4. The Bertz CT molecular complexity index is 814. The molecule has 0 bridgehead atoms. The topological polar surface area (TPSA) is 69.6 Å². The molecule has 59 heavy (non-hydrogen) atoms. The first kappa shape index (κ1) is 58.1. The number of unbranched alkanes of at least 4 members (excludes halogenated alkanes) is 42. The number of carbonyl (C=O) groups excluding carboxylic acids is 1. The molecule has 2 atom stereocenters. The average molecular weight is 832 g/mol. The number of rotatable bonds is 51. The van der Waals surface area contributed by atoms with E-state index in [1.165, 1.54) is 263 Å². The molecule has 0 heterocycles. The van der Waals surface area contributed by atoms with Crippen molar-refractivity contribution in [2.45, 2.75) is 328 Å². The number of amides is 1. The highest BCUT2D eigenvalue weighted by Crippen LogP contribution is 2.18. The zero-order chi connectivity index (χ0) is 42.8. The Morgan fingerprint density at radius 2 is 0.644 bits per heavy atom. The van der Waals surface area contributed by atoms with Crippen LogP contribution in [0.3, 0.4) is 0 Å². The molecule has 0 aromatic carbocycles. The maximum absolute atomic E-state index is 12.5. The van der Waals surface area contributed by atoms with Gasteiger partial charge in [0.25, 0.3) is 0 Å². The lowest BCUT2D eigenvalue weighted by Gasteiger charge is -2.22. The largest absolute Gasteiger partial charge is 0.394 e. The maximum Gasteiger partial charge on any atom is 0.220 e. The summed E-state index contributed by atoms with van der Waals surface area (Å²) in [5, 5.41) is 23.3. The summed E-state index contributed by atoms with van der Waals surface area (Å²) >= 11 is 0. The van der Waals surface area contributed by atoms with E-state index in [2.05, 4.69) is 31.3 Å². The second kappa shape index (κ2) is 51.5. The van der Waals surface area contributed by atoms with Gasteiger partial charge in [0, 0.05) is 6.42 Å². The molecule has 0 aliphatic carbocycles. The average Bonchev–Trinajstić information content (AvgIpc) is 3.24. The third-order valence-electron chi connectivity index (χ3n) is 13.0. The molecule has 0 saturated heterocycles. The highest BCUT2D eigenvalue weighted by atomic mass is 16.3. The molecule has 1 amide bonds. The molecule has 2 unspecified atom stereocenters. The van der Waals surface area contributed by atoms with E-state index in [4.69, 9.17) is 0 Å². The molecule has 0 aromatic heterocycles. The van der Waals surface area contributed by atoms with E-state index in [1.807, 2.05) is 0 Å². The molecule has 0 radical (unpaired) electrons. The molecule has 0 aliphatic rings. The molecule has 0 aliphatic heterocycles. The van der Waals surface area contributed by atoms with Gasteiger partial charge in [0.1, 0.15) is 0 Å². The van der Waals surface area contributed by atoms with Crippen LogP contribution in [0, 0.1) is 0 Å². The van der Waals surface area contributed by atoms with Gasteiger partial charge in [-0.1, -0.05) is 283 Å². The Kier molecular flexibility index (Phi) is 50.7. The molecule has 0 rings (SSSR count). The van der Waals surface area contributed by atoms with Crippen LogP contribution in [0.25, 0.3) is 0 Å². The zero-order valence-corrected chi connectivity index (χ0v) is 40.6. The summed E-state index contributed by atoms with van der Waals surface area (Å²) in [5.74, 6) is -0.0247. The normalized spacial score (nSPS) is 12.8. The van der Waals surface area contributed by atoms with Crippen molar-refractivity contribution in [1.29, 1.82) is 0 Å². The standard InChI is InChI=1S/C55H109NO3/c1-3-5-7-9-11-13-15-17-19-21-23-25-26-27-28-29-30-31-33-35-37-39-41-43-45-47-49-51-55(59)56-53(52-57)54(58)50-48-46-44-42-40-38-36-34-32-24-22-20-18-16-14-12-10-8-6-4-2/h21,23,53-54,57-58H,3-20,22,24-52H2,1-2H3,(H,56,59)/b23-21-. The van der Waals surface area contributed by atoms with E-state index in [-0.39, 0.29) is 12.5 Å². The number of allylic oxidation sites excluding steroid dienone is 2. The lowest BCUT2D eigenvalue weighted by molar-refractivity contribution is -0.123. The van der Waals surface area contributed by atoms with Crippen LogP contribution in [-0.4, -0.2) is 34.9 Å². The Morgan fingerprint density at radius 1 is 0.390 bits per heavy atom. The highest BCUT2D eigenvalue weighted by molar-refractivity contribution is 5.76. The van der Waals surface area contributed by atoms with Crippen molar-refractivity contribution in [3.63, 3.8) is 0 Å². The summed E-state index contributed by atoms with van der Waals surface area (Å²) in [5.41, 5.74) is 0. The summed E-state index contributed by atoms with van der Waals surface area (Å²) < 4.78 is 0. The summed E-state index contributed by atoms with van der Waals surface area (Å²) in [6.45, 7) is 4.39. The van der Waals surface area contributed by atoms with Gasteiger partial charge in [-0.3, -0.25) is 4.79 Å². The summed E-state index contributed by atoms with van der Waals surface area (Å²) in [7, 11) is 0. The zero-order valence-electron chi connectivity index (χ0n) is 40.6. The third-order valence-corrected chi connectivity index (χ3v) is 13.0. The summed E-state index contributed by atoms with van der Waals surface area (Å²) in [4.78, 5) is 12.5. The SMILES string of the molecule is CCCCCCCCCC/C=C\CCCCCCCCCCCCCCCCCC(=O)NC(CO)C(O)CCCCCCCCCCCCCCCCCCCCCC. The van der Waals surface area contributed by atoms with Gasteiger partial charge in [0.2, 0.25) is 5.91 Å². The molecular weight excluding hydrogens is 723 g/mol. The van der Waals surface area contributed by atoms with Crippen LogP contribution in [0.5, 0.6) is 0 Å². The Balaban J connectivity index is 3.42. The van der Waals surface area contributed by atoms with E-state index < -0.39 is 12.1 Å². The number of hydrogen-bond donors (Lipinski definition) is 3. The van der Waals surface area contributed by atoms with Crippen molar-refractivity contribution in [1.82, 2.24) is 5.32 Å². The van der Waals surface area contributed by atoms with Crippen molar-refractivity contribution in [3.05, 3.63) is 12.2 Å². The van der Waals surface area contributed by atoms with E-state index in [9.17, 15) is 15.0 Å². The maximum atomic E-state index is 12.5. The van der Waals surface area contributed by atoms with Gasteiger partial charge in [-0.2, -0.15) is 0 Å². The van der Waals surface area contributed by atoms with Crippen LogP contribution in [0.4, 0.5) is 0 Å². The van der Waals surface area contributed by atoms with Gasteiger partial charge < -0.3 is 15.5 Å². The van der Waals surface area contributed by atoms with Gasteiger partial charge in [-0.25, -0.2) is 0 Å². The van der Waals surface area contributed by atoms with E-state index >= 15 is 0 Å². The molecule has 0 saturated carbocycles. The van der Waals surface area contributed by atoms with Crippen molar-refractivity contribution in [2.75, 3.05) is 6.61 Å². The fraction of sp³-hybridized carbons (Fsp3) is 0.945. The molecular formula is C55H109NO3. The van der Waals surface area contributed by atoms with Gasteiger partial charge >= 0.3 is 0 Å². The Labute approximate surface area is 371 Å². The van der Waals surface area contributed by atoms with Gasteiger partial charge in [-0.15, -0.1) is 0 Å². The second-order valence-electron chi connectivity index (χ2n) is 19.0. The van der Waals surface area contributed by atoms with E-state index in [1.54, 1.807) is 0 Å². The Morgan fingerprint density at radius 3 is 0.932 bits per heavy atom. The smallest absolute Gasteiger partial charge is 0.220 e. The van der Waals surface area contributed by atoms with Crippen LogP contribution in [-0.2, 0) is 4.79 Å². The Hall–Kier alpha value is -0.870. The fourth-order valence-corrected chi connectivity index (χ4v) is 8.83. The van der Waals surface area contributed by atoms with Crippen LogP contribution in [0.15, 0.2) is 12.2 Å². The van der Waals surface area contributed by atoms with Gasteiger partial charge in [0.05, 0.1) is 18.8 Å². The summed E-state index contributed by atoms with van der Waals surface area (Å²) in [6, 6.07) is -0.533. The van der Waals surface area contributed by atoms with Crippen molar-refractivity contribution in [2.24, 2.45) is 0 Å².